The summed E-state index contributed by atoms with van der Waals surface area (Å²) in [4.78, 5) is 29.5. The number of rotatable bonds is 4. The van der Waals surface area contributed by atoms with E-state index in [9.17, 15) is 9.59 Å². The number of amides is 2. The first-order valence-corrected chi connectivity index (χ1v) is 8.81. The molecule has 6 heteroatoms. The standard InChI is InChI=1S/C20H23N3O3/c1-15(24)22-18-7-8-19(21-13-18)17-9-11-23(12-10-17)20(25)26-14-16-5-3-2-4-6-16/h2-8,13,17H,9-12,14H2,1H3,(H,22,24). The van der Waals surface area contributed by atoms with Crippen molar-refractivity contribution in [2.45, 2.75) is 32.3 Å². The van der Waals surface area contributed by atoms with Crippen molar-refractivity contribution in [2.75, 3.05) is 18.4 Å². The highest BCUT2D eigenvalue weighted by molar-refractivity contribution is 5.88. The average Bonchev–Trinajstić information content (AvgIpc) is 2.67. The van der Waals surface area contributed by atoms with Crippen LogP contribution in [0.4, 0.5) is 10.5 Å². The third kappa shape index (κ3) is 4.81. The fourth-order valence-electron chi connectivity index (χ4n) is 3.09. The van der Waals surface area contributed by atoms with Crippen LogP contribution in [0.2, 0.25) is 0 Å². The lowest BCUT2D eigenvalue weighted by Gasteiger charge is -2.31. The summed E-state index contributed by atoms with van der Waals surface area (Å²) in [5, 5.41) is 2.71. The van der Waals surface area contributed by atoms with Crippen molar-refractivity contribution in [1.29, 1.82) is 0 Å². The van der Waals surface area contributed by atoms with E-state index in [1.165, 1.54) is 6.92 Å². The third-order valence-electron chi connectivity index (χ3n) is 4.48. The van der Waals surface area contributed by atoms with Gasteiger partial charge in [0.05, 0.1) is 11.9 Å². The minimum absolute atomic E-state index is 0.109. The van der Waals surface area contributed by atoms with E-state index in [1.807, 2.05) is 42.5 Å². The Labute approximate surface area is 153 Å². The predicted octanol–water partition coefficient (Wildman–Crippen LogP) is 3.56. The second-order valence-corrected chi connectivity index (χ2v) is 6.45. The molecular formula is C20H23N3O3. The van der Waals surface area contributed by atoms with Gasteiger partial charge in [0.25, 0.3) is 0 Å². The topological polar surface area (TPSA) is 71.5 Å². The zero-order valence-corrected chi connectivity index (χ0v) is 14.9. The molecule has 1 N–H and O–H groups in total. The van der Waals surface area contributed by atoms with Crippen LogP contribution in [-0.4, -0.2) is 35.0 Å². The first kappa shape index (κ1) is 17.9. The minimum Gasteiger partial charge on any atom is -0.445 e. The van der Waals surface area contributed by atoms with E-state index in [2.05, 4.69) is 10.3 Å². The van der Waals surface area contributed by atoms with E-state index in [0.29, 0.717) is 31.3 Å². The number of anilines is 1. The second-order valence-electron chi connectivity index (χ2n) is 6.45. The predicted molar refractivity (Wildman–Crippen MR) is 98.7 cm³/mol. The van der Waals surface area contributed by atoms with E-state index in [1.54, 1.807) is 11.1 Å². The number of hydrogen-bond donors (Lipinski definition) is 1. The van der Waals surface area contributed by atoms with Crippen LogP contribution >= 0.6 is 0 Å². The molecule has 1 aromatic carbocycles. The largest absolute Gasteiger partial charge is 0.445 e. The van der Waals surface area contributed by atoms with Gasteiger partial charge in [0.1, 0.15) is 6.61 Å². The summed E-state index contributed by atoms with van der Waals surface area (Å²) in [5.41, 5.74) is 2.68. The van der Waals surface area contributed by atoms with E-state index in [-0.39, 0.29) is 12.0 Å². The van der Waals surface area contributed by atoms with Crippen molar-refractivity contribution >= 4 is 17.7 Å². The van der Waals surface area contributed by atoms with E-state index in [4.69, 9.17) is 4.74 Å². The Bertz CT molecular complexity index is 739. The van der Waals surface area contributed by atoms with Gasteiger partial charge in [-0.15, -0.1) is 0 Å². The molecule has 0 bridgehead atoms. The fourth-order valence-corrected chi connectivity index (χ4v) is 3.09. The van der Waals surface area contributed by atoms with Crippen LogP contribution in [0.1, 0.15) is 36.9 Å². The van der Waals surface area contributed by atoms with Crippen molar-refractivity contribution in [3.05, 3.63) is 59.9 Å². The Kier molecular flexibility index (Phi) is 5.84. The molecule has 1 aromatic heterocycles. The number of pyridine rings is 1. The highest BCUT2D eigenvalue weighted by atomic mass is 16.6. The molecule has 2 amide bonds. The lowest BCUT2D eigenvalue weighted by Crippen LogP contribution is -2.38. The number of likely N-dealkylation sites (tertiary alicyclic amines) is 1. The fraction of sp³-hybridized carbons (Fsp3) is 0.350. The molecule has 0 unspecified atom stereocenters. The number of ether oxygens (including phenoxy) is 1. The summed E-state index contributed by atoms with van der Waals surface area (Å²) < 4.78 is 5.39. The van der Waals surface area contributed by atoms with Crippen LogP contribution in [0, 0.1) is 0 Å². The summed E-state index contributed by atoms with van der Waals surface area (Å²) >= 11 is 0. The number of piperidine rings is 1. The molecule has 0 radical (unpaired) electrons. The molecule has 1 saturated heterocycles. The van der Waals surface area contributed by atoms with Crippen LogP contribution in [-0.2, 0) is 16.1 Å². The van der Waals surface area contributed by atoms with Gasteiger partial charge >= 0.3 is 6.09 Å². The van der Waals surface area contributed by atoms with Crippen LogP contribution in [0.15, 0.2) is 48.7 Å². The molecule has 0 saturated carbocycles. The van der Waals surface area contributed by atoms with E-state index in [0.717, 1.165) is 24.1 Å². The molecule has 26 heavy (non-hydrogen) atoms. The van der Waals surface area contributed by atoms with Gasteiger partial charge in [-0.05, 0) is 30.5 Å². The lowest BCUT2D eigenvalue weighted by molar-refractivity contribution is -0.114. The van der Waals surface area contributed by atoms with Gasteiger partial charge in [0.15, 0.2) is 0 Å². The quantitative estimate of drug-likeness (QED) is 0.912. The van der Waals surface area contributed by atoms with Gasteiger partial charge in [0, 0.05) is 31.6 Å². The van der Waals surface area contributed by atoms with Crippen LogP contribution < -0.4 is 5.32 Å². The van der Waals surface area contributed by atoms with Crippen LogP contribution in [0.5, 0.6) is 0 Å². The Hall–Kier alpha value is -2.89. The molecule has 2 heterocycles. The molecule has 136 valence electrons. The Morgan fingerprint density at radius 2 is 1.88 bits per heavy atom. The zero-order chi connectivity index (χ0) is 18.4. The summed E-state index contributed by atoms with van der Waals surface area (Å²) in [6.07, 6.45) is 3.12. The average molecular weight is 353 g/mol. The number of carbonyl (C=O) groups is 2. The highest BCUT2D eigenvalue weighted by Crippen LogP contribution is 2.27. The lowest BCUT2D eigenvalue weighted by atomic mass is 9.93. The van der Waals surface area contributed by atoms with Crippen molar-refractivity contribution in [2.24, 2.45) is 0 Å². The molecule has 1 fully saturated rings. The van der Waals surface area contributed by atoms with Gasteiger partial charge in [0.2, 0.25) is 5.91 Å². The van der Waals surface area contributed by atoms with Gasteiger partial charge in [-0.25, -0.2) is 4.79 Å². The van der Waals surface area contributed by atoms with Crippen molar-refractivity contribution in [1.82, 2.24) is 9.88 Å². The number of nitrogens with one attached hydrogen (secondary N) is 1. The maximum atomic E-state index is 12.2. The molecular weight excluding hydrogens is 330 g/mol. The van der Waals surface area contributed by atoms with Gasteiger partial charge in [-0.2, -0.15) is 0 Å². The maximum Gasteiger partial charge on any atom is 0.410 e. The SMILES string of the molecule is CC(=O)Nc1ccc(C2CCN(C(=O)OCc3ccccc3)CC2)nc1. The minimum atomic E-state index is -0.263. The molecule has 1 aliphatic rings. The summed E-state index contributed by atoms with van der Waals surface area (Å²) in [5.74, 6) is 0.210. The first-order valence-electron chi connectivity index (χ1n) is 8.81. The smallest absolute Gasteiger partial charge is 0.410 e. The third-order valence-corrected chi connectivity index (χ3v) is 4.48. The summed E-state index contributed by atoms with van der Waals surface area (Å²) in [7, 11) is 0. The monoisotopic (exact) mass is 353 g/mol. The molecule has 2 aromatic rings. The molecule has 6 nitrogen and oxygen atoms in total. The van der Waals surface area contributed by atoms with Crippen LogP contribution in [0.25, 0.3) is 0 Å². The van der Waals surface area contributed by atoms with E-state index >= 15 is 0 Å². The Balaban J connectivity index is 1.47. The molecule has 3 rings (SSSR count). The first-order chi connectivity index (χ1) is 12.6. The number of carbonyl (C=O) groups excluding carboxylic acids is 2. The second kappa shape index (κ2) is 8.47. The van der Waals surface area contributed by atoms with Gasteiger partial charge < -0.3 is 15.0 Å². The zero-order valence-electron chi connectivity index (χ0n) is 14.9. The number of hydrogen-bond acceptors (Lipinski definition) is 4. The van der Waals surface area contributed by atoms with Crippen LogP contribution in [0.3, 0.4) is 0 Å². The maximum absolute atomic E-state index is 12.2. The Morgan fingerprint density at radius 1 is 1.15 bits per heavy atom. The van der Waals surface area contributed by atoms with Crippen molar-refractivity contribution < 1.29 is 14.3 Å². The molecule has 0 spiro atoms. The summed E-state index contributed by atoms with van der Waals surface area (Å²) in [6.45, 7) is 3.09. The van der Waals surface area contributed by atoms with Crippen molar-refractivity contribution in [3.63, 3.8) is 0 Å². The number of nitrogens with zero attached hydrogens (tertiary/aromatic N) is 2. The molecule has 0 atom stereocenters. The van der Waals surface area contributed by atoms with Gasteiger partial charge in [-0.1, -0.05) is 30.3 Å². The normalized spacial score (nSPS) is 14.7. The van der Waals surface area contributed by atoms with Gasteiger partial charge in [-0.3, -0.25) is 9.78 Å². The summed E-state index contributed by atoms with van der Waals surface area (Å²) in [6, 6.07) is 13.5. The number of aromatic nitrogens is 1. The Morgan fingerprint density at radius 3 is 2.50 bits per heavy atom. The highest BCUT2D eigenvalue weighted by Gasteiger charge is 2.25. The molecule has 1 aliphatic heterocycles. The van der Waals surface area contributed by atoms with Crippen molar-refractivity contribution in [3.8, 4) is 0 Å². The van der Waals surface area contributed by atoms with E-state index < -0.39 is 0 Å². The molecule has 0 aliphatic carbocycles. The number of benzene rings is 1.